The molecule has 11 amide bonds. The molecule has 0 spiro atoms. The van der Waals surface area contributed by atoms with Gasteiger partial charge in [-0.1, -0.05) is 108 Å². The van der Waals surface area contributed by atoms with Gasteiger partial charge in [0.25, 0.3) is 11.8 Å². The number of unbranched alkanes of at least 4 members (excludes halogenated alkanes) is 2. The monoisotopic (exact) mass is 1320 g/mol. The van der Waals surface area contributed by atoms with Gasteiger partial charge in [-0.15, -0.1) is 0 Å². The average molecular weight is 1320 g/mol. The number of nitrogens with two attached hydrogens (primary N) is 1. The number of epoxide rings is 1. The predicted octanol–water partition coefficient (Wildman–Crippen LogP) is 6.40. The smallest absolute Gasteiger partial charge is 0.407 e. The number of amides is 11. The van der Waals surface area contributed by atoms with Crippen molar-refractivity contribution in [2.45, 2.75) is 182 Å². The summed E-state index contributed by atoms with van der Waals surface area (Å²) in [6, 6.07) is 13.3. The molecule has 3 aliphatic rings. The summed E-state index contributed by atoms with van der Waals surface area (Å²) in [4.78, 5) is 145. The Bertz CT molecular complexity index is 3260. The van der Waals surface area contributed by atoms with E-state index < -0.39 is 107 Å². The van der Waals surface area contributed by atoms with Crippen LogP contribution in [0.4, 0.5) is 15.3 Å². The van der Waals surface area contributed by atoms with Crippen LogP contribution < -0.4 is 53.0 Å². The number of primary amides is 1. The lowest BCUT2D eigenvalue weighted by atomic mass is 9.82. The van der Waals surface area contributed by atoms with Gasteiger partial charge in [0.1, 0.15) is 48.7 Å². The second-order valence-corrected chi connectivity index (χ2v) is 26.5. The molecule has 0 aliphatic carbocycles. The Balaban J connectivity index is 1.01. The van der Waals surface area contributed by atoms with Gasteiger partial charge in [-0.05, 0) is 117 Å². The molecule has 10 N–H and O–H groups in total. The van der Waals surface area contributed by atoms with Crippen LogP contribution in [0.2, 0.25) is 5.02 Å². The van der Waals surface area contributed by atoms with E-state index in [9.17, 15) is 52.7 Å². The number of carbonyl (C=O) groups excluding carboxylic acids is 11. The summed E-state index contributed by atoms with van der Waals surface area (Å²) in [7, 11) is 1.49. The van der Waals surface area contributed by atoms with Crippen LogP contribution in [0.5, 0.6) is 5.75 Å². The van der Waals surface area contributed by atoms with Crippen LogP contribution in [0.3, 0.4) is 0 Å². The van der Waals surface area contributed by atoms with Crippen molar-refractivity contribution in [3.05, 3.63) is 118 Å². The fourth-order valence-electron chi connectivity index (χ4n) is 10.6. The molecule has 3 heterocycles. The van der Waals surface area contributed by atoms with Crippen molar-refractivity contribution >= 4 is 82.6 Å². The Labute approximate surface area is 553 Å². The normalized spacial score (nSPS) is 21.3. The van der Waals surface area contributed by atoms with E-state index in [0.717, 1.165) is 16.0 Å². The van der Waals surface area contributed by atoms with E-state index in [1.165, 1.54) is 25.3 Å². The number of carbonyl (C=O) groups is 11. The number of esters is 1. The first-order valence-electron chi connectivity index (χ1n) is 31.8. The van der Waals surface area contributed by atoms with E-state index in [1.807, 2.05) is 52.0 Å². The summed E-state index contributed by atoms with van der Waals surface area (Å²) in [6.45, 7) is 16.7. The first-order valence-corrected chi connectivity index (χ1v) is 32.1. The standard InChI is InChI=1S/C68H91ClN10O15/c1-39(2)57(78-54(81)18-12-11-13-33-79-55(82)30-31-56(79)83)62(86)76-48(16-15-32-71-65(70)89)60(84)74-46-27-22-43(23-28-46)38-92-66(90)72-37-42-20-25-45(26-21-42)59-58(94-59)40(3)51-17-14-19-53(80)75-49(35-44-24-29-52(91-10)47(69)34-44)61(85)73-41(4)68(8,9)64(88)77-50(63(87)93-51)36-67(5,6)7/h14,19-31,34,39-41,48-51,57-59H,11-13,15-18,32-33,35-38H2,1-10H3,(H,72,90)(H,73,85)(H,74,84)(H,75,80)(H,76,86)(H,77,88)(H,78,81)(H3,70,71,89)/b19-14+/t40-,41-,48-,49+,50-,51-,57-,58+,59+/m0/s1. The van der Waals surface area contributed by atoms with Crippen LogP contribution in [0.1, 0.15) is 142 Å². The minimum Gasteiger partial charge on any atom is -0.495 e. The van der Waals surface area contributed by atoms with Crippen molar-refractivity contribution in [2.75, 3.05) is 25.5 Å². The molecule has 25 nitrogen and oxygen atoms in total. The van der Waals surface area contributed by atoms with Gasteiger partial charge >= 0.3 is 18.1 Å². The Kier molecular flexibility index (Phi) is 27.1. The zero-order chi connectivity index (χ0) is 69.0. The molecular formula is C68H91ClN10O15. The number of hydrogen-bond donors (Lipinski definition) is 9. The molecule has 0 bridgehead atoms. The van der Waals surface area contributed by atoms with Crippen molar-refractivity contribution in [2.24, 2.45) is 28.4 Å². The van der Waals surface area contributed by atoms with E-state index in [2.05, 4.69) is 42.5 Å². The lowest BCUT2D eigenvalue weighted by Crippen LogP contribution is -2.58. The number of anilines is 1. The predicted molar refractivity (Wildman–Crippen MR) is 350 cm³/mol. The first-order chi connectivity index (χ1) is 44.4. The highest BCUT2D eigenvalue weighted by atomic mass is 35.5. The van der Waals surface area contributed by atoms with Crippen molar-refractivity contribution in [1.82, 2.24) is 42.1 Å². The maximum Gasteiger partial charge on any atom is 0.407 e. The van der Waals surface area contributed by atoms with E-state index in [0.29, 0.717) is 46.8 Å². The third-order valence-electron chi connectivity index (χ3n) is 16.6. The molecule has 9 atom stereocenters. The largest absolute Gasteiger partial charge is 0.495 e. The number of hydrogen-bond acceptors (Lipinski definition) is 15. The molecule has 510 valence electrons. The molecule has 3 aliphatic heterocycles. The molecule has 0 saturated carbocycles. The third kappa shape index (κ3) is 22.7. The Morgan fingerprint density at radius 2 is 1.47 bits per heavy atom. The van der Waals surface area contributed by atoms with Crippen LogP contribution in [-0.2, 0) is 76.9 Å². The van der Waals surface area contributed by atoms with E-state index in [1.54, 1.807) is 83.2 Å². The van der Waals surface area contributed by atoms with E-state index in [4.69, 9.17) is 36.3 Å². The first kappa shape index (κ1) is 74.2. The molecule has 3 aromatic carbocycles. The highest BCUT2D eigenvalue weighted by molar-refractivity contribution is 6.32. The number of cyclic esters (lactones) is 1. The summed E-state index contributed by atoms with van der Waals surface area (Å²) in [5.74, 6) is -4.82. The molecule has 1 saturated heterocycles. The second kappa shape index (κ2) is 34.4. The molecule has 3 aromatic rings. The van der Waals surface area contributed by atoms with Gasteiger partial charge in [0.15, 0.2) is 0 Å². The zero-order valence-corrected chi connectivity index (χ0v) is 55.9. The van der Waals surface area contributed by atoms with Crippen LogP contribution in [-0.4, -0.2) is 133 Å². The fraction of sp³-hybridized carbons (Fsp3) is 0.515. The number of alkyl carbamates (subject to hydrolysis) is 1. The summed E-state index contributed by atoms with van der Waals surface area (Å²) in [5.41, 5.74) is 6.80. The quantitative estimate of drug-likeness (QED) is 0.0173. The van der Waals surface area contributed by atoms with Crippen molar-refractivity contribution in [3.63, 3.8) is 0 Å². The SMILES string of the molecule is COc1ccc(C[C@H]2NC(=O)/C=C/C[C@@H]([C@H](C)[C@H]3O[C@@H]3c3ccc(CNC(=O)OCc4ccc(NC(=O)[C@H](CCCNC(N)=O)NC(=O)[C@@H](NC(=O)CCCCCN5C(=O)C=CC5=O)C(C)C)cc4)cc3)OC(=O)[C@H](CC(C)(C)C)NC(=O)C(C)(C)[C@H](C)NC2=O)cc1Cl. The van der Waals surface area contributed by atoms with Gasteiger partial charge in [-0.2, -0.15) is 0 Å². The molecule has 6 rings (SSSR count). The minimum absolute atomic E-state index is 0.0701. The number of rotatable bonds is 27. The van der Waals surface area contributed by atoms with Gasteiger partial charge in [-0.3, -0.25) is 43.3 Å². The van der Waals surface area contributed by atoms with Crippen molar-refractivity contribution in [1.29, 1.82) is 0 Å². The maximum absolute atomic E-state index is 14.3. The third-order valence-corrected chi connectivity index (χ3v) is 16.9. The van der Waals surface area contributed by atoms with E-state index in [-0.39, 0.29) is 94.5 Å². The fourth-order valence-corrected chi connectivity index (χ4v) is 10.9. The van der Waals surface area contributed by atoms with Crippen molar-refractivity contribution in [3.8, 4) is 5.75 Å². The highest BCUT2D eigenvalue weighted by Crippen LogP contribution is 2.45. The van der Waals surface area contributed by atoms with E-state index >= 15 is 0 Å². The second-order valence-electron chi connectivity index (χ2n) is 26.1. The van der Waals surface area contributed by atoms with Gasteiger partial charge < -0.3 is 67.2 Å². The van der Waals surface area contributed by atoms with Gasteiger partial charge in [0.05, 0.1) is 23.7 Å². The van der Waals surface area contributed by atoms with Crippen LogP contribution in [0, 0.1) is 22.7 Å². The van der Waals surface area contributed by atoms with Crippen LogP contribution in [0.25, 0.3) is 0 Å². The Morgan fingerprint density at radius 3 is 2.11 bits per heavy atom. The number of nitrogens with zero attached hydrogens (tertiary/aromatic N) is 1. The summed E-state index contributed by atoms with van der Waals surface area (Å²) >= 11 is 6.43. The summed E-state index contributed by atoms with van der Waals surface area (Å²) in [5, 5.41) is 22.5. The topological polar surface area (TPSA) is 353 Å². The Hall–Kier alpha value is -8.84. The number of benzene rings is 3. The number of imide groups is 1. The highest BCUT2D eigenvalue weighted by Gasteiger charge is 2.48. The number of ether oxygens (including phenoxy) is 4. The molecule has 94 heavy (non-hydrogen) atoms. The van der Waals surface area contributed by atoms with Gasteiger partial charge in [-0.25, -0.2) is 14.4 Å². The lowest BCUT2D eigenvalue weighted by Gasteiger charge is -2.35. The molecule has 0 unspecified atom stereocenters. The molecular weight excluding hydrogens is 1230 g/mol. The Morgan fingerprint density at radius 1 is 0.798 bits per heavy atom. The summed E-state index contributed by atoms with van der Waals surface area (Å²) < 4.78 is 23.3. The van der Waals surface area contributed by atoms with Gasteiger partial charge in [0, 0.05) is 68.7 Å². The molecule has 1 fully saturated rings. The average Bonchev–Trinajstić information content (AvgIpc) is 1.62. The zero-order valence-electron chi connectivity index (χ0n) is 55.2. The molecule has 0 radical (unpaired) electrons. The lowest BCUT2D eigenvalue weighted by molar-refractivity contribution is -0.157. The number of methoxy groups -OCH3 is 1. The number of halogens is 1. The number of nitrogens with one attached hydrogen (secondary N) is 8. The van der Waals surface area contributed by atoms with Crippen LogP contribution in [0.15, 0.2) is 91.0 Å². The minimum atomic E-state index is -1.23. The summed E-state index contributed by atoms with van der Waals surface area (Å²) in [6.07, 6.45) is 5.45. The van der Waals surface area contributed by atoms with Gasteiger partial charge in [0.2, 0.25) is 35.4 Å². The maximum atomic E-state index is 14.3. The molecule has 0 aromatic heterocycles. The van der Waals surface area contributed by atoms with Crippen LogP contribution >= 0.6 is 11.6 Å². The number of urea groups is 1. The van der Waals surface area contributed by atoms with Crippen molar-refractivity contribution < 1.29 is 71.7 Å². The molecule has 26 heteroatoms.